The first-order chi connectivity index (χ1) is 6.70. The minimum atomic E-state index is -0.0483. The van der Waals surface area contributed by atoms with Crippen LogP contribution in [0.15, 0.2) is 29.1 Å². The van der Waals surface area contributed by atoms with E-state index in [4.69, 9.17) is 4.74 Å². The molecular weight excluding hydrogens is 176 g/mol. The Kier molecular flexibility index (Phi) is 3.69. The Labute approximate surface area is 84.5 Å². The van der Waals surface area contributed by atoms with E-state index in [0.717, 1.165) is 12.0 Å². The van der Waals surface area contributed by atoms with E-state index in [1.807, 2.05) is 12.1 Å². The quantitative estimate of drug-likeness (QED) is 0.735. The zero-order valence-electron chi connectivity index (χ0n) is 8.91. The molecule has 0 amide bonds. The van der Waals surface area contributed by atoms with Crippen LogP contribution in [0.4, 0.5) is 0 Å². The van der Waals surface area contributed by atoms with Gasteiger partial charge in [0.15, 0.2) is 5.75 Å². The van der Waals surface area contributed by atoms with Crippen molar-refractivity contribution >= 4 is 0 Å². The van der Waals surface area contributed by atoms with Crippen LogP contribution in [0, 0.1) is 0 Å². The molecule has 1 rings (SSSR count). The number of ether oxygens (including phenoxy) is 1. The lowest BCUT2D eigenvalue weighted by Gasteiger charge is -2.10. The summed E-state index contributed by atoms with van der Waals surface area (Å²) in [7, 11) is 1.54. The average molecular weight is 192 g/mol. The molecule has 0 aliphatic carbocycles. The van der Waals surface area contributed by atoms with Crippen LogP contribution in [0.1, 0.15) is 31.7 Å². The third-order valence-corrected chi connectivity index (χ3v) is 2.47. The highest BCUT2D eigenvalue weighted by atomic mass is 16.5. The zero-order valence-corrected chi connectivity index (χ0v) is 8.91. The second-order valence-electron chi connectivity index (χ2n) is 3.38. The van der Waals surface area contributed by atoms with Crippen molar-refractivity contribution in [1.29, 1.82) is 0 Å². The second kappa shape index (κ2) is 4.80. The molecular formula is C12H16O2. The summed E-state index contributed by atoms with van der Waals surface area (Å²) < 4.78 is 5.15. The van der Waals surface area contributed by atoms with Crippen molar-refractivity contribution in [2.45, 2.75) is 26.2 Å². The van der Waals surface area contributed by atoms with E-state index < -0.39 is 0 Å². The predicted octanol–water partition coefficient (Wildman–Crippen LogP) is 2.57. The number of hydrogen-bond donors (Lipinski definition) is 0. The summed E-state index contributed by atoms with van der Waals surface area (Å²) in [5, 5.41) is 0. The SMILES string of the molecule is CC[C@@H](C)c1ccccc(=O)c1OC. The van der Waals surface area contributed by atoms with Crippen LogP contribution in [0.3, 0.4) is 0 Å². The van der Waals surface area contributed by atoms with Gasteiger partial charge in [0.05, 0.1) is 7.11 Å². The molecule has 0 aliphatic heterocycles. The summed E-state index contributed by atoms with van der Waals surface area (Å²) in [6, 6.07) is 7.11. The normalized spacial score (nSPS) is 12.2. The summed E-state index contributed by atoms with van der Waals surface area (Å²) in [4.78, 5) is 11.6. The molecule has 2 nitrogen and oxygen atoms in total. The Bertz CT molecular complexity index is 358. The van der Waals surface area contributed by atoms with Crippen LogP contribution in [0.25, 0.3) is 0 Å². The number of hydrogen-bond acceptors (Lipinski definition) is 2. The molecule has 0 N–H and O–H groups in total. The molecule has 0 aromatic heterocycles. The molecule has 0 radical (unpaired) electrons. The maximum atomic E-state index is 11.6. The Balaban J connectivity index is 3.36. The van der Waals surface area contributed by atoms with E-state index in [0.29, 0.717) is 11.7 Å². The van der Waals surface area contributed by atoms with Crippen molar-refractivity contribution in [3.05, 3.63) is 40.1 Å². The molecule has 14 heavy (non-hydrogen) atoms. The third kappa shape index (κ3) is 2.13. The maximum Gasteiger partial charge on any atom is 0.220 e. The molecule has 0 spiro atoms. The summed E-state index contributed by atoms with van der Waals surface area (Å²) in [5.74, 6) is 0.828. The lowest BCUT2D eigenvalue weighted by atomic mass is 9.99. The van der Waals surface area contributed by atoms with E-state index in [1.165, 1.54) is 6.07 Å². The molecule has 0 aliphatic rings. The molecule has 1 atom stereocenters. The fourth-order valence-electron chi connectivity index (χ4n) is 1.42. The van der Waals surface area contributed by atoms with E-state index in [2.05, 4.69) is 13.8 Å². The Hall–Kier alpha value is -1.31. The minimum absolute atomic E-state index is 0.0483. The van der Waals surface area contributed by atoms with Crippen molar-refractivity contribution in [2.75, 3.05) is 7.11 Å². The van der Waals surface area contributed by atoms with Gasteiger partial charge >= 0.3 is 0 Å². The lowest BCUT2D eigenvalue weighted by Crippen LogP contribution is -2.05. The van der Waals surface area contributed by atoms with Gasteiger partial charge in [-0.25, -0.2) is 0 Å². The lowest BCUT2D eigenvalue weighted by molar-refractivity contribution is 0.402. The van der Waals surface area contributed by atoms with Crippen molar-refractivity contribution in [1.82, 2.24) is 0 Å². The summed E-state index contributed by atoms with van der Waals surface area (Å²) in [5.41, 5.74) is 0.942. The van der Waals surface area contributed by atoms with E-state index in [-0.39, 0.29) is 5.43 Å². The van der Waals surface area contributed by atoms with Crippen molar-refractivity contribution in [3.63, 3.8) is 0 Å². The summed E-state index contributed by atoms with van der Waals surface area (Å²) in [6.07, 6.45) is 1.000. The van der Waals surface area contributed by atoms with Crippen molar-refractivity contribution in [3.8, 4) is 5.75 Å². The van der Waals surface area contributed by atoms with Crippen LogP contribution in [-0.2, 0) is 0 Å². The topological polar surface area (TPSA) is 26.3 Å². The van der Waals surface area contributed by atoms with Crippen LogP contribution in [0.5, 0.6) is 5.75 Å². The van der Waals surface area contributed by atoms with Gasteiger partial charge in [0, 0.05) is 5.56 Å². The average Bonchev–Trinajstić information content (AvgIpc) is 2.38. The molecule has 0 fully saturated rings. The minimum Gasteiger partial charge on any atom is -0.492 e. The molecule has 0 unspecified atom stereocenters. The molecule has 76 valence electrons. The molecule has 0 saturated carbocycles. The fourth-order valence-corrected chi connectivity index (χ4v) is 1.42. The van der Waals surface area contributed by atoms with Gasteiger partial charge in [0.25, 0.3) is 0 Å². The maximum absolute atomic E-state index is 11.6. The molecule has 0 bridgehead atoms. The highest BCUT2D eigenvalue weighted by Crippen LogP contribution is 2.24. The standard InChI is InChI=1S/C12H16O2/c1-4-9(2)10-7-5-6-8-11(13)12(10)14-3/h5-9H,4H2,1-3H3/t9-/m1/s1. The molecule has 0 saturated heterocycles. The van der Waals surface area contributed by atoms with Gasteiger partial charge in [-0.1, -0.05) is 32.0 Å². The Morgan fingerprint density at radius 3 is 2.57 bits per heavy atom. The van der Waals surface area contributed by atoms with E-state index >= 15 is 0 Å². The van der Waals surface area contributed by atoms with Crippen LogP contribution < -0.4 is 10.2 Å². The van der Waals surface area contributed by atoms with Gasteiger partial charge in [-0.15, -0.1) is 0 Å². The van der Waals surface area contributed by atoms with Gasteiger partial charge in [-0.2, -0.15) is 0 Å². The second-order valence-corrected chi connectivity index (χ2v) is 3.38. The third-order valence-electron chi connectivity index (χ3n) is 2.47. The summed E-state index contributed by atoms with van der Waals surface area (Å²) in [6.45, 7) is 4.19. The van der Waals surface area contributed by atoms with Crippen LogP contribution >= 0.6 is 0 Å². The first-order valence-electron chi connectivity index (χ1n) is 4.88. The van der Waals surface area contributed by atoms with Gasteiger partial charge in [-0.3, -0.25) is 4.79 Å². The number of methoxy groups -OCH3 is 1. The Morgan fingerprint density at radius 1 is 1.36 bits per heavy atom. The van der Waals surface area contributed by atoms with E-state index in [1.54, 1.807) is 13.2 Å². The molecule has 1 aromatic carbocycles. The van der Waals surface area contributed by atoms with Gasteiger partial charge in [-0.05, 0) is 18.4 Å². The monoisotopic (exact) mass is 192 g/mol. The first-order valence-corrected chi connectivity index (χ1v) is 4.88. The summed E-state index contributed by atoms with van der Waals surface area (Å²) >= 11 is 0. The zero-order chi connectivity index (χ0) is 10.6. The van der Waals surface area contributed by atoms with E-state index in [9.17, 15) is 4.79 Å². The fraction of sp³-hybridized carbons (Fsp3) is 0.417. The Morgan fingerprint density at radius 2 is 2.00 bits per heavy atom. The van der Waals surface area contributed by atoms with Gasteiger partial charge in [0.1, 0.15) is 0 Å². The van der Waals surface area contributed by atoms with Crippen LogP contribution in [-0.4, -0.2) is 7.11 Å². The molecule has 0 heterocycles. The van der Waals surface area contributed by atoms with Crippen LogP contribution in [0.2, 0.25) is 0 Å². The highest BCUT2D eigenvalue weighted by Gasteiger charge is 2.10. The van der Waals surface area contributed by atoms with Gasteiger partial charge in [0.2, 0.25) is 5.43 Å². The number of rotatable bonds is 3. The highest BCUT2D eigenvalue weighted by molar-refractivity contribution is 5.34. The molecule has 2 heteroatoms. The first kappa shape index (κ1) is 10.8. The predicted molar refractivity (Wildman–Crippen MR) is 58.0 cm³/mol. The van der Waals surface area contributed by atoms with Gasteiger partial charge < -0.3 is 4.74 Å². The smallest absolute Gasteiger partial charge is 0.220 e. The largest absolute Gasteiger partial charge is 0.492 e. The van der Waals surface area contributed by atoms with Crippen molar-refractivity contribution in [2.24, 2.45) is 0 Å². The molecule has 1 aromatic rings. The van der Waals surface area contributed by atoms with Crippen molar-refractivity contribution < 1.29 is 4.74 Å².